The summed E-state index contributed by atoms with van der Waals surface area (Å²) in [4.78, 5) is 26.0. The Labute approximate surface area is 165 Å². The molecular formula is C21H28N4OS. The van der Waals surface area contributed by atoms with Gasteiger partial charge in [-0.05, 0) is 50.3 Å². The summed E-state index contributed by atoms with van der Waals surface area (Å²) in [6.45, 7) is 5.86. The van der Waals surface area contributed by atoms with Gasteiger partial charge in [0, 0.05) is 41.8 Å². The van der Waals surface area contributed by atoms with Gasteiger partial charge in [0.1, 0.15) is 0 Å². The SMILES string of the molecule is Cc1ccc(C(=O)N2CCC(c3ccnc(NC4CCCC4)n3)C(C)C2)s1. The normalized spacial score (nSPS) is 23.6. The predicted octanol–water partition coefficient (Wildman–Crippen LogP) is 4.47. The summed E-state index contributed by atoms with van der Waals surface area (Å²) in [6.07, 6.45) is 7.85. The van der Waals surface area contributed by atoms with Crippen LogP contribution in [-0.2, 0) is 0 Å². The molecule has 1 aliphatic heterocycles. The Morgan fingerprint density at radius 1 is 1.22 bits per heavy atom. The molecule has 1 saturated heterocycles. The van der Waals surface area contributed by atoms with E-state index in [1.54, 1.807) is 11.3 Å². The zero-order valence-corrected chi connectivity index (χ0v) is 17.0. The minimum absolute atomic E-state index is 0.171. The van der Waals surface area contributed by atoms with Crippen molar-refractivity contribution in [3.63, 3.8) is 0 Å². The molecule has 0 radical (unpaired) electrons. The first-order valence-electron chi connectivity index (χ1n) is 10.1. The van der Waals surface area contributed by atoms with Gasteiger partial charge in [-0.25, -0.2) is 9.97 Å². The molecule has 144 valence electrons. The Bertz CT molecular complexity index is 799. The first-order valence-corrected chi connectivity index (χ1v) is 10.9. The van der Waals surface area contributed by atoms with E-state index >= 15 is 0 Å². The molecule has 27 heavy (non-hydrogen) atoms. The van der Waals surface area contributed by atoms with Gasteiger partial charge < -0.3 is 10.2 Å². The Kier molecular flexibility index (Phi) is 5.43. The van der Waals surface area contributed by atoms with Gasteiger partial charge in [-0.3, -0.25) is 4.79 Å². The van der Waals surface area contributed by atoms with Gasteiger partial charge in [0.25, 0.3) is 5.91 Å². The van der Waals surface area contributed by atoms with Crippen LogP contribution in [0, 0.1) is 12.8 Å². The van der Waals surface area contributed by atoms with Crippen LogP contribution in [0.25, 0.3) is 0 Å². The number of anilines is 1. The van der Waals surface area contributed by atoms with Crippen LogP contribution in [0.1, 0.15) is 65.2 Å². The van der Waals surface area contributed by atoms with Gasteiger partial charge in [0.15, 0.2) is 0 Å². The fraction of sp³-hybridized carbons (Fsp3) is 0.571. The highest BCUT2D eigenvalue weighted by Gasteiger charge is 2.31. The second-order valence-electron chi connectivity index (χ2n) is 7.96. The summed E-state index contributed by atoms with van der Waals surface area (Å²) in [5, 5.41) is 3.50. The maximum absolute atomic E-state index is 12.7. The Hall–Kier alpha value is -1.95. The van der Waals surface area contributed by atoms with Crippen molar-refractivity contribution in [3.05, 3.63) is 39.8 Å². The van der Waals surface area contributed by atoms with Crippen molar-refractivity contribution in [1.82, 2.24) is 14.9 Å². The third-order valence-corrected chi connectivity index (χ3v) is 6.88. The van der Waals surface area contributed by atoms with Crippen molar-refractivity contribution in [2.24, 2.45) is 5.92 Å². The highest BCUT2D eigenvalue weighted by Crippen LogP contribution is 2.33. The highest BCUT2D eigenvalue weighted by atomic mass is 32.1. The maximum Gasteiger partial charge on any atom is 0.263 e. The van der Waals surface area contributed by atoms with Gasteiger partial charge in [-0.15, -0.1) is 11.3 Å². The summed E-state index contributed by atoms with van der Waals surface area (Å²) in [7, 11) is 0. The zero-order valence-electron chi connectivity index (χ0n) is 16.1. The van der Waals surface area contributed by atoms with Crippen LogP contribution in [0.2, 0.25) is 0 Å². The summed E-state index contributed by atoms with van der Waals surface area (Å²) in [5.41, 5.74) is 1.11. The van der Waals surface area contributed by atoms with Crippen molar-refractivity contribution in [3.8, 4) is 0 Å². The number of piperidine rings is 1. The molecule has 2 aromatic heterocycles. The molecule has 0 bridgehead atoms. The Balaban J connectivity index is 1.41. The number of nitrogens with one attached hydrogen (secondary N) is 1. The summed E-state index contributed by atoms with van der Waals surface area (Å²) in [6, 6.07) is 6.53. The molecule has 0 spiro atoms. The van der Waals surface area contributed by atoms with E-state index in [1.807, 2.05) is 36.2 Å². The average molecular weight is 385 g/mol. The van der Waals surface area contributed by atoms with E-state index in [0.29, 0.717) is 17.9 Å². The quantitative estimate of drug-likeness (QED) is 0.845. The predicted molar refractivity (Wildman–Crippen MR) is 109 cm³/mol. The van der Waals surface area contributed by atoms with Gasteiger partial charge >= 0.3 is 0 Å². The lowest BCUT2D eigenvalue weighted by Crippen LogP contribution is -2.42. The lowest BCUT2D eigenvalue weighted by Gasteiger charge is -2.36. The number of carbonyl (C=O) groups excluding carboxylic acids is 1. The van der Waals surface area contributed by atoms with Crippen LogP contribution in [0.3, 0.4) is 0 Å². The summed E-state index contributed by atoms with van der Waals surface area (Å²) in [5.74, 6) is 1.70. The number of hydrogen-bond acceptors (Lipinski definition) is 5. The Morgan fingerprint density at radius 3 is 2.74 bits per heavy atom. The van der Waals surface area contributed by atoms with Crippen molar-refractivity contribution in [1.29, 1.82) is 0 Å². The molecule has 0 aromatic carbocycles. The standard InChI is InChI=1S/C21H28N4OS/c1-14-13-25(20(26)19-8-7-15(2)27-19)12-10-17(14)18-9-11-22-21(24-18)23-16-5-3-4-6-16/h7-9,11,14,16-17H,3-6,10,12-13H2,1-2H3,(H,22,23,24). The van der Waals surface area contributed by atoms with E-state index in [2.05, 4.69) is 17.2 Å². The fourth-order valence-electron chi connectivity index (χ4n) is 4.38. The molecule has 1 saturated carbocycles. The van der Waals surface area contributed by atoms with Crippen LogP contribution in [0.5, 0.6) is 0 Å². The minimum Gasteiger partial charge on any atom is -0.351 e. The molecule has 3 heterocycles. The van der Waals surface area contributed by atoms with Crippen LogP contribution in [0.4, 0.5) is 5.95 Å². The number of aryl methyl sites for hydroxylation is 1. The molecule has 1 N–H and O–H groups in total. The van der Waals surface area contributed by atoms with E-state index in [9.17, 15) is 4.79 Å². The maximum atomic E-state index is 12.7. The lowest BCUT2D eigenvalue weighted by atomic mass is 9.84. The number of nitrogens with zero attached hydrogens (tertiary/aromatic N) is 3. The first kappa shape index (κ1) is 18.4. The van der Waals surface area contributed by atoms with Gasteiger partial charge in [-0.1, -0.05) is 19.8 Å². The van der Waals surface area contributed by atoms with Crippen LogP contribution < -0.4 is 5.32 Å². The topological polar surface area (TPSA) is 58.1 Å². The first-order chi connectivity index (χ1) is 13.1. The van der Waals surface area contributed by atoms with E-state index in [0.717, 1.165) is 36.0 Å². The number of amides is 1. The number of hydrogen-bond donors (Lipinski definition) is 1. The van der Waals surface area contributed by atoms with E-state index in [4.69, 9.17) is 4.98 Å². The minimum atomic E-state index is 0.171. The van der Waals surface area contributed by atoms with E-state index in [-0.39, 0.29) is 5.91 Å². The van der Waals surface area contributed by atoms with E-state index in [1.165, 1.54) is 30.6 Å². The average Bonchev–Trinajstić information content (AvgIpc) is 3.33. The largest absolute Gasteiger partial charge is 0.351 e. The molecule has 4 rings (SSSR count). The second-order valence-corrected chi connectivity index (χ2v) is 9.25. The van der Waals surface area contributed by atoms with Crippen LogP contribution >= 0.6 is 11.3 Å². The van der Waals surface area contributed by atoms with E-state index < -0.39 is 0 Å². The molecular weight excluding hydrogens is 356 g/mol. The lowest BCUT2D eigenvalue weighted by molar-refractivity contribution is 0.0664. The van der Waals surface area contributed by atoms with Gasteiger partial charge in [-0.2, -0.15) is 0 Å². The smallest absolute Gasteiger partial charge is 0.263 e. The molecule has 2 aromatic rings. The molecule has 2 unspecified atom stereocenters. The molecule has 6 heteroatoms. The molecule has 1 amide bonds. The fourth-order valence-corrected chi connectivity index (χ4v) is 5.21. The number of carbonyl (C=O) groups is 1. The number of thiophene rings is 1. The van der Waals surface area contributed by atoms with Crippen molar-refractivity contribution >= 4 is 23.2 Å². The third-order valence-electron chi connectivity index (χ3n) is 5.89. The molecule has 2 atom stereocenters. The summed E-state index contributed by atoms with van der Waals surface area (Å²) >= 11 is 1.58. The van der Waals surface area contributed by atoms with Crippen LogP contribution in [-0.4, -0.2) is 39.9 Å². The number of rotatable bonds is 4. The van der Waals surface area contributed by atoms with Gasteiger partial charge in [0.05, 0.1) is 4.88 Å². The molecule has 5 nitrogen and oxygen atoms in total. The van der Waals surface area contributed by atoms with Crippen molar-refractivity contribution < 1.29 is 4.79 Å². The third kappa shape index (κ3) is 4.15. The highest BCUT2D eigenvalue weighted by molar-refractivity contribution is 7.13. The number of likely N-dealkylation sites (tertiary alicyclic amines) is 1. The molecule has 2 aliphatic rings. The second kappa shape index (κ2) is 7.97. The van der Waals surface area contributed by atoms with Gasteiger partial charge in [0.2, 0.25) is 5.95 Å². The van der Waals surface area contributed by atoms with Crippen molar-refractivity contribution in [2.45, 2.75) is 57.9 Å². The number of aromatic nitrogens is 2. The molecule has 2 fully saturated rings. The zero-order chi connectivity index (χ0) is 18.8. The summed E-state index contributed by atoms with van der Waals surface area (Å²) < 4.78 is 0. The molecule has 1 aliphatic carbocycles. The monoisotopic (exact) mass is 384 g/mol. The Morgan fingerprint density at radius 2 is 2.04 bits per heavy atom. The van der Waals surface area contributed by atoms with Crippen LogP contribution in [0.15, 0.2) is 24.4 Å². The van der Waals surface area contributed by atoms with Crippen molar-refractivity contribution in [2.75, 3.05) is 18.4 Å².